The number of nitrogens with one attached hydrogen (secondary N) is 1. The van der Waals surface area contributed by atoms with Gasteiger partial charge in [-0.15, -0.1) is 10.2 Å². The largest absolute Gasteiger partial charge is 0.417 e. The van der Waals surface area contributed by atoms with Gasteiger partial charge in [0.25, 0.3) is 0 Å². The van der Waals surface area contributed by atoms with Gasteiger partial charge in [-0.05, 0) is 44.0 Å². The van der Waals surface area contributed by atoms with E-state index in [9.17, 15) is 18.0 Å². The normalized spacial score (nSPS) is 18.8. The Morgan fingerprint density at radius 2 is 1.97 bits per heavy atom. The summed E-state index contributed by atoms with van der Waals surface area (Å²) in [5.74, 6) is 0.328. The van der Waals surface area contributed by atoms with E-state index in [1.807, 2.05) is 37.3 Å². The Labute approximate surface area is 178 Å². The third kappa shape index (κ3) is 4.71. The molecule has 3 heterocycles. The van der Waals surface area contributed by atoms with E-state index in [0.717, 1.165) is 37.2 Å². The van der Waals surface area contributed by atoms with Crippen molar-refractivity contribution in [2.45, 2.75) is 44.4 Å². The second-order valence-electron chi connectivity index (χ2n) is 7.92. The molecule has 6 nitrogen and oxygen atoms in total. The number of amides is 1. The van der Waals surface area contributed by atoms with E-state index in [0.29, 0.717) is 24.6 Å². The number of fused-ring (bicyclic) bond motifs is 1. The topological polar surface area (TPSA) is 62.5 Å². The fourth-order valence-electron chi connectivity index (χ4n) is 4.02. The van der Waals surface area contributed by atoms with Crippen LogP contribution in [0.1, 0.15) is 42.6 Å². The Morgan fingerprint density at radius 1 is 1.19 bits per heavy atom. The molecule has 4 rings (SSSR count). The summed E-state index contributed by atoms with van der Waals surface area (Å²) in [6.45, 7) is 3.60. The van der Waals surface area contributed by atoms with E-state index in [4.69, 9.17) is 0 Å². The number of aromatic nitrogens is 3. The lowest BCUT2D eigenvalue weighted by Gasteiger charge is -2.35. The van der Waals surface area contributed by atoms with Crippen molar-refractivity contribution in [2.24, 2.45) is 0 Å². The number of piperidine rings is 1. The number of alkyl halides is 3. The number of rotatable bonds is 5. The third-order valence-corrected chi connectivity index (χ3v) is 5.81. The minimum absolute atomic E-state index is 0.0741. The zero-order valence-corrected chi connectivity index (χ0v) is 17.1. The van der Waals surface area contributed by atoms with E-state index < -0.39 is 11.7 Å². The highest BCUT2D eigenvalue weighted by Gasteiger charge is 2.33. The average molecular weight is 431 g/mol. The van der Waals surface area contributed by atoms with Crippen LogP contribution in [-0.2, 0) is 17.5 Å². The molecule has 0 saturated carbocycles. The molecule has 1 amide bonds. The van der Waals surface area contributed by atoms with E-state index in [2.05, 4.69) is 20.4 Å². The molecule has 9 heteroatoms. The van der Waals surface area contributed by atoms with Crippen molar-refractivity contribution < 1.29 is 18.0 Å². The molecule has 0 radical (unpaired) electrons. The molecule has 1 aromatic carbocycles. The Hall–Kier alpha value is -2.94. The minimum atomic E-state index is -4.43. The molecule has 164 valence electrons. The zero-order valence-electron chi connectivity index (χ0n) is 17.1. The van der Waals surface area contributed by atoms with Gasteiger partial charge in [0, 0.05) is 25.2 Å². The summed E-state index contributed by atoms with van der Waals surface area (Å²) >= 11 is 0. The van der Waals surface area contributed by atoms with Gasteiger partial charge in [-0.1, -0.05) is 30.3 Å². The molecule has 1 N–H and O–H groups in total. The van der Waals surface area contributed by atoms with E-state index in [1.54, 1.807) is 0 Å². The maximum Gasteiger partial charge on any atom is 0.417 e. The lowest BCUT2D eigenvalue weighted by molar-refractivity contribution is -0.137. The van der Waals surface area contributed by atoms with Crippen LogP contribution in [0.5, 0.6) is 0 Å². The van der Waals surface area contributed by atoms with Crippen molar-refractivity contribution in [2.75, 3.05) is 13.1 Å². The van der Waals surface area contributed by atoms with Crippen LogP contribution in [0.2, 0.25) is 0 Å². The summed E-state index contributed by atoms with van der Waals surface area (Å²) in [6, 6.07) is 11.7. The van der Waals surface area contributed by atoms with Crippen LogP contribution >= 0.6 is 0 Å². The Kier molecular flexibility index (Phi) is 5.95. The van der Waals surface area contributed by atoms with Crippen LogP contribution < -0.4 is 5.32 Å². The molecule has 0 aliphatic carbocycles. The maximum absolute atomic E-state index is 13.1. The second kappa shape index (κ2) is 8.66. The van der Waals surface area contributed by atoms with Gasteiger partial charge in [0.15, 0.2) is 5.65 Å². The Morgan fingerprint density at radius 3 is 2.71 bits per heavy atom. The van der Waals surface area contributed by atoms with Gasteiger partial charge in [-0.25, -0.2) is 0 Å². The highest BCUT2D eigenvalue weighted by molar-refractivity contribution is 5.81. The summed E-state index contributed by atoms with van der Waals surface area (Å²) in [6.07, 6.45) is -1.76. The molecular formula is C22H24F3N5O. The van der Waals surface area contributed by atoms with Crippen molar-refractivity contribution in [3.8, 4) is 0 Å². The first-order valence-electron chi connectivity index (χ1n) is 10.3. The number of nitrogens with zero attached hydrogens (tertiary/aromatic N) is 4. The summed E-state index contributed by atoms with van der Waals surface area (Å²) < 4.78 is 40.9. The molecule has 2 unspecified atom stereocenters. The van der Waals surface area contributed by atoms with Gasteiger partial charge < -0.3 is 5.32 Å². The SMILES string of the molecule is CC(C(=O)NCc1ccccc1)N1CCCC(c2nnc3ccc(C(F)(F)F)cn23)C1. The minimum Gasteiger partial charge on any atom is -0.351 e. The molecule has 31 heavy (non-hydrogen) atoms. The Balaban J connectivity index is 1.46. The van der Waals surface area contributed by atoms with E-state index in [1.165, 1.54) is 10.5 Å². The number of hydrogen-bond acceptors (Lipinski definition) is 4. The lowest BCUT2D eigenvalue weighted by Crippen LogP contribution is -2.48. The van der Waals surface area contributed by atoms with Crippen molar-refractivity contribution >= 4 is 11.6 Å². The predicted octanol–water partition coefficient (Wildman–Crippen LogP) is 3.63. The van der Waals surface area contributed by atoms with Gasteiger partial charge in [-0.2, -0.15) is 13.2 Å². The Bertz CT molecular complexity index is 1050. The number of pyridine rings is 1. The number of carbonyl (C=O) groups excluding carboxylic acids is 1. The van der Waals surface area contributed by atoms with Gasteiger partial charge in [0.05, 0.1) is 11.6 Å². The highest BCUT2D eigenvalue weighted by atomic mass is 19.4. The molecular weight excluding hydrogens is 407 g/mol. The first-order chi connectivity index (χ1) is 14.8. The molecule has 3 aromatic rings. The van der Waals surface area contributed by atoms with Crippen molar-refractivity contribution in [1.29, 1.82) is 0 Å². The fraction of sp³-hybridized carbons (Fsp3) is 0.409. The molecule has 1 aliphatic heterocycles. The summed E-state index contributed by atoms with van der Waals surface area (Å²) in [5, 5.41) is 11.2. The number of carbonyl (C=O) groups is 1. The predicted molar refractivity (Wildman–Crippen MR) is 109 cm³/mol. The van der Waals surface area contributed by atoms with Crippen LogP contribution in [0.25, 0.3) is 5.65 Å². The summed E-state index contributed by atoms with van der Waals surface area (Å²) in [4.78, 5) is 14.7. The zero-order chi connectivity index (χ0) is 22.0. The highest BCUT2D eigenvalue weighted by Crippen LogP contribution is 2.31. The fourth-order valence-corrected chi connectivity index (χ4v) is 4.02. The van der Waals surface area contributed by atoms with Crippen molar-refractivity contribution in [3.63, 3.8) is 0 Å². The van der Waals surface area contributed by atoms with Crippen LogP contribution in [0, 0.1) is 0 Å². The lowest BCUT2D eigenvalue weighted by atomic mass is 9.96. The number of likely N-dealkylation sites (tertiary alicyclic amines) is 1. The maximum atomic E-state index is 13.1. The van der Waals surface area contributed by atoms with Gasteiger partial charge in [0.1, 0.15) is 5.82 Å². The second-order valence-corrected chi connectivity index (χ2v) is 7.92. The molecule has 0 spiro atoms. The van der Waals surface area contributed by atoms with Crippen LogP contribution in [-0.4, -0.2) is 44.5 Å². The summed E-state index contributed by atoms with van der Waals surface area (Å²) in [7, 11) is 0. The number of benzene rings is 1. The number of hydrogen-bond donors (Lipinski definition) is 1. The first-order valence-corrected chi connectivity index (χ1v) is 10.3. The molecule has 1 saturated heterocycles. The van der Waals surface area contributed by atoms with E-state index in [-0.39, 0.29) is 17.9 Å². The van der Waals surface area contributed by atoms with Gasteiger partial charge >= 0.3 is 6.18 Å². The first kappa shape index (κ1) is 21.3. The van der Waals surface area contributed by atoms with Gasteiger partial charge in [-0.3, -0.25) is 14.1 Å². The van der Waals surface area contributed by atoms with E-state index >= 15 is 0 Å². The van der Waals surface area contributed by atoms with Gasteiger partial charge in [0.2, 0.25) is 5.91 Å². The molecule has 2 atom stereocenters. The number of halogens is 3. The molecule has 0 bridgehead atoms. The van der Waals surface area contributed by atoms with Crippen molar-refractivity contribution in [3.05, 3.63) is 65.6 Å². The summed E-state index contributed by atoms with van der Waals surface area (Å²) in [5.41, 5.74) is 0.672. The molecule has 1 fully saturated rings. The standard InChI is InChI=1S/C22H24F3N5O/c1-15(21(31)26-12-16-6-3-2-4-7-16)29-11-5-8-17(13-29)20-28-27-19-10-9-18(14-30(19)20)22(23,24)25/h2-4,6-7,9-10,14-15,17H,5,8,11-13H2,1H3,(H,26,31). The van der Waals surface area contributed by atoms with Crippen LogP contribution in [0.4, 0.5) is 13.2 Å². The monoisotopic (exact) mass is 431 g/mol. The van der Waals surface area contributed by atoms with Crippen LogP contribution in [0.3, 0.4) is 0 Å². The van der Waals surface area contributed by atoms with Crippen LogP contribution in [0.15, 0.2) is 48.7 Å². The quantitative estimate of drug-likeness (QED) is 0.670. The average Bonchev–Trinajstić information content (AvgIpc) is 3.20. The third-order valence-electron chi connectivity index (χ3n) is 5.81. The van der Waals surface area contributed by atoms with Crippen molar-refractivity contribution in [1.82, 2.24) is 24.8 Å². The molecule has 2 aromatic heterocycles. The molecule has 1 aliphatic rings. The smallest absolute Gasteiger partial charge is 0.351 e.